The third kappa shape index (κ3) is 2.27. The lowest BCUT2D eigenvalue weighted by Gasteiger charge is -2.12. The predicted octanol–water partition coefficient (Wildman–Crippen LogP) is 6.24. The van der Waals surface area contributed by atoms with E-state index in [1.807, 2.05) is 42.5 Å². The van der Waals surface area contributed by atoms with Crippen molar-refractivity contribution >= 4 is 43.8 Å². The van der Waals surface area contributed by atoms with Gasteiger partial charge < -0.3 is 0 Å². The van der Waals surface area contributed by atoms with Gasteiger partial charge in [0.25, 0.3) is 0 Å². The normalized spacial score (nSPS) is 11.0. The van der Waals surface area contributed by atoms with Crippen LogP contribution in [-0.4, -0.2) is 6.29 Å². The third-order valence-corrected chi connectivity index (χ3v) is 5.08. The highest BCUT2D eigenvalue weighted by Crippen LogP contribution is 2.37. The average Bonchev–Trinajstić information content (AvgIpc) is 2.63. The quantitative estimate of drug-likeness (QED) is 0.305. The van der Waals surface area contributed by atoms with Gasteiger partial charge in [-0.05, 0) is 54.7 Å². The molecule has 0 aliphatic rings. The van der Waals surface area contributed by atoms with E-state index in [1.165, 1.54) is 5.56 Å². The molecule has 23 heavy (non-hydrogen) atoms. The zero-order valence-electron chi connectivity index (χ0n) is 12.3. The summed E-state index contributed by atoms with van der Waals surface area (Å²) >= 11 is 3.60. The van der Waals surface area contributed by atoms with Gasteiger partial charge in [0.2, 0.25) is 0 Å². The van der Waals surface area contributed by atoms with E-state index in [4.69, 9.17) is 0 Å². The second-order valence-corrected chi connectivity index (χ2v) is 6.31. The first-order valence-corrected chi connectivity index (χ1v) is 8.23. The number of hydrogen-bond acceptors (Lipinski definition) is 1. The Labute approximate surface area is 142 Å². The van der Waals surface area contributed by atoms with E-state index in [0.29, 0.717) is 5.56 Å². The van der Waals surface area contributed by atoms with Crippen molar-refractivity contribution in [2.75, 3.05) is 0 Å². The van der Waals surface area contributed by atoms with Gasteiger partial charge in [-0.3, -0.25) is 4.79 Å². The fraction of sp³-hybridized carbons (Fsp3) is 0. The molecule has 0 unspecified atom stereocenters. The molecule has 0 N–H and O–H groups in total. The van der Waals surface area contributed by atoms with Crippen molar-refractivity contribution in [3.05, 3.63) is 82.8 Å². The molecule has 0 radical (unpaired) electrons. The van der Waals surface area contributed by atoms with Crippen molar-refractivity contribution in [2.24, 2.45) is 0 Å². The van der Waals surface area contributed by atoms with Crippen LogP contribution in [-0.2, 0) is 0 Å². The maximum atomic E-state index is 11.6. The number of benzene rings is 4. The van der Waals surface area contributed by atoms with Gasteiger partial charge in [-0.25, -0.2) is 0 Å². The second kappa shape index (κ2) is 5.64. The number of hydrogen-bond donors (Lipinski definition) is 0. The smallest absolute Gasteiger partial charge is 0.151 e. The first kappa shape index (κ1) is 14.2. The van der Waals surface area contributed by atoms with Gasteiger partial charge in [0, 0.05) is 10.0 Å². The molecule has 0 fully saturated rings. The van der Waals surface area contributed by atoms with Crippen LogP contribution in [0.15, 0.2) is 77.3 Å². The van der Waals surface area contributed by atoms with Gasteiger partial charge in [-0.15, -0.1) is 0 Å². The Hall–Kier alpha value is -2.45. The summed E-state index contributed by atoms with van der Waals surface area (Å²) < 4.78 is 0.864. The maximum Gasteiger partial charge on any atom is 0.151 e. The van der Waals surface area contributed by atoms with E-state index < -0.39 is 0 Å². The lowest BCUT2D eigenvalue weighted by Crippen LogP contribution is -1.90. The average molecular weight is 361 g/mol. The lowest BCUT2D eigenvalue weighted by molar-refractivity contribution is 0.112. The fourth-order valence-corrected chi connectivity index (χ4v) is 3.75. The number of aldehydes is 1. The molecule has 0 bridgehead atoms. The standard InChI is InChI=1S/C21H13BrO/c22-21-18-9-5-4-8-16(18)19-12-15(14-6-2-1-3-7-14)10-11-17(19)20(21)13-23/h1-13H. The summed E-state index contributed by atoms with van der Waals surface area (Å²) in [4.78, 5) is 11.6. The molecule has 0 aromatic heterocycles. The van der Waals surface area contributed by atoms with Crippen LogP contribution < -0.4 is 0 Å². The van der Waals surface area contributed by atoms with Crippen molar-refractivity contribution in [2.45, 2.75) is 0 Å². The molecule has 2 heteroatoms. The molecule has 4 aromatic carbocycles. The van der Waals surface area contributed by atoms with Gasteiger partial charge in [-0.1, -0.05) is 66.7 Å². The van der Waals surface area contributed by atoms with E-state index in [9.17, 15) is 4.79 Å². The Morgan fingerprint density at radius 2 is 1.35 bits per heavy atom. The maximum absolute atomic E-state index is 11.6. The molecule has 1 nitrogen and oxygen atoms in total. The first-order chi connectivity index (χ1) is 11.3. The number of rotatable bonds is 2. The molecule has 4 rings (SSSR count). The highest BCUT2D eigenvalue weighted by atomic mass is 79.9. The predicted molar refractivity (Wildman–Crippen MR) is 100.0 cm³/mol. The minimum atomic E-state index is 0.707. The third-order valence-electron chi connectivity index (χ3n) is 4.22. The zero-order valence-corrected chi connectivity index (χ0v) is 13.9. The summed E-state index contributed by atoms with van der Waals surface area (Å²) in [5, 5.41) is 4.29. The molecular weight excluding hydrogens is 348 g/mol. The molecule has 0 spiro atoms. The number of halogens is 1. The lowest BCUT2D eigenvalue weighted by atomic mass is 9.94. The molecule has 0 heterocycles. The molecule has 0 aliphatic heterocycles. The van der Waals surface area contributed by atoms with Gasteiger partial charge in [0.15, 0.2) is 6.29 Å². The monoisotopic (exact) mass is 360 g/mol. The summed E-state index contributed by atoms with van der Waals surface area (Å²) in [6, 6.07) is 24.8. The molecule has 0 saturated heterocycles. The van der Waals surface area contributed by atoms with Crippen LogP contribution in [0.4, 0.5) is 0 Å². The molecule has 0 saturated carbocycles. The minimum Gasteiger partial charge on any atom is -0.298 e. The Balaban J connectivity index is 2.14. The van der Waals surface area contributed by atoms with E-state index in [1.54, 1.807) is 0 Å². The van der Waals surface area contributed by atoms with E-state index >= 15 is 0 Å². The largest absolute Gasteiger partial charge is 0.298 e. The van der Waals surface area contributed by atoms with E-state index in [-0.39, 0.29) is 0 Å². The number of carbonyl (C=O) groups excluding carboxylic acids is 1. The highest BCUT2D eigenvalue weighted by Gasteiger charge is 2.12. The van der Waals surface area contributed by atoms with Crippen LogP contribution >= 0.6 is 15.9 Å². The van der Waals surface area contributed by atoms with Crippen LogP contribution in [0, 0.1) is 0 Å². The second-order valence-electron chi connectivity index (χ2n) is 5.52. The van der Waals surface area contributed by atoms with Gasteiger partial charge in [-0.2, -0.15) is 0 Å². The summed E-state index contributed by atoms with van der Waals surface area (Å²) in [5.74, 6) is 0. The first-order valence-electron chi connectivity index (χ1n) is 7.44. The Bertz CT molecular complexity index is 1040. The minimum absolute atomic E-state index is 0.707. The fourth-order valence-electron chi connectivity index (χ4n) is 3.10. The van der Waals surface area contributed by atoms with E-state index in [2.05, 4.69) is 46.3 Å². The van der Waals surface area contributed by atoms with Gasteiger partial charge in [0.05, 0.1) is 0 Å². The van der Waals surface area contributed by atoms with Crippen LogP contribution in [0.2, 0.25) is 0 Å². The van der Waals surface area contributed by atoms with Crippen molar-refractivity contribution in [3.8, 4) is 11.1 Å². The summed E-state index contributed by atoms with van der Waals surface area (Å²) in [6.07, 6.45) is 0.932. The Morgan fingerprint density at radius 1 is 0.652 bits per heavy atom. The van der Waals surface area contributed by atoms with Crippen molar-refractivity contribution < 1.29 is 4.79 Å². The Morgan fingerprint density at radius 3 is 2.09 bits per heavy atom. The van der Waals surface area contributed by atoms with Crippen molar-refractivity contribution in [1.29, 1.82) is 0 Å². The highest BCUT2D eigenvalue weighted by molar-refractivity contribution is 9.10. The summed E-state index contributed by atoms with van der Waals surface area (Å²) in [6.45, 7) is 0. The van der Waals surface area contributed by atoms with Crippen molar-refractivity contribution in [1.82, 2.24) is 0 Å². The summed E-state index contributed by atoms with van der Waals surface area (Å²) in [5.41, 5.74) is 3.04. The van der Waals surface area contributed by atoms with Gasteiger partial charge >= 0.3 is 0 Å². The van der Waals surface area contributed by atoms with Crippen molar-refractivity contribution in [3.63, 3.8) is 0 Å². The SMILES string of the molecule is O=Cc1c(Br)c2ccccc2c2cc(-c3ccccc3)ccc12. The molecule has 4 aromatic rings. The van der Waals surface area contributed by atoms with Crippen LogP contribution in [0.1, 0.15) is 10.4 Å². The Kier molecular flexibility index (Phi) is 3.47. The van der Waals surface area contributed by atoms with Crippen LogP contribution in [0.25, 0.3) is 32.7 Å². The molecule has 0 aliphatic carbocycles. The molecular formula is C21H13BrO. The number of carbonyl (C=O) groups is 1. The van der Waals surface area contributed by atoms with Crippen LogP contribution in [0.5, 0.6) is 0 Å². The number of fused-ring (bicyclic) bond motifs is 3. The molecule has 0 amide bonds. The molecule has 0 atom stereocenters. The van der Waals surface area contributed by atoms with Gasteiger partial charge in [0.1, 0.15) is 0 Å². The van der Waals surface area contributed by atoms with Crippen LogP contribution in [0.3, 0.4) is 0 Å². The topological polar surface area (TPSA) is 17.1 Å². The summed E-state index contributed by atoms with van der Waals surface area (Å²) in [7, 11) is 0. The zero-order chi connectivity index (χ0) is 15.8. The van der Waals surface area contributed by atoms with E-state index in [0.717, 1.165) is 37.9 Å². The molecule has 110 valence electrons.